The first-order chi connectivity index (χ1) is 9.25. The van der Waals surface area contributed by atoms with E-state index in [-0.39, 0.29) is 11.4 Å². The molecule has 0 aromatic heterocycles. The molecule has 0 N–H and O–H groups in total. The molecule has 4 atom stereocenters. The lowest BCUT2D eigenvalue weighted by Crippen LogP contribution is -2.29. The van der Waals surface area contributed by atoms with Crippen LogP contribution in [0, 0.1) is 28.1 Å². The summed E-state index contributed by atoms with van der Waals surface area (Å²) in [6.45, 7) is 8.82. The highest BCUT2D eigenvalue weighted by Crippen LogP contribution is 2.76. The van der Waals surface area contributed by atoms with Gasteiger partial charge in [0.25, 0.3) is 0 Å². The van der Waals surface area contributed by atoms with Crippen molar-refractivity contribution in [3.05, 3.63) is 0 Å². The van der Waals surface area contributed by atoms with Crippen LogP contribution in [0.2, 0.25) is 0 Å². The highest BCUT2D eigenvalue weighted by atomic mass is 16.5. The third kappa shape index (κ3) is 2.51. The van der Waals surface area contributed by atoms with E-state index in [1.54, 1.807) is 0 Å². The largest absolute Gasteiger partial charge is 0.465 e. The quantitative estimate of drug-likeness (QED) is 0.556. The highest BCUT2D eigenvalue weighted by molar-refractivity contribution is 5.75. The Kier molecular flexibility index (Phi) is 3.23. The molecule has 0 aliphatic heterocycles. The summed E-state index contributed by atoms with van der Waals surface area (Å²) in [6.07, 6.45) is 9.67. The number of esters is 1. The second-order valence-electron chi connectivity index (χ2n) is 9.15. The van der Waals surface area contributed by atoms with Crippen LogP contribution in [0.15, 0.2) is 0 Å². The minimum absolute atomic E-state index is 0.0576. The molecule has 2 bridgehead atoms. The molecule has 3 rings (SSSR count). The Balaban J connectivity index is 1.46. The Labute approximate surface area is 123 Å². The van der Waals surface area contributed by atoms with E-state index in [2.05, 4.69) is 6.92 Å². The number of rotatable bonds is 4. The van der Waals surface area contributed by atoms with Crippen molar-refractivity contribution >= 4 is 5.97 Å². The fraction of sp³-hybridized carbons (Fsp3) is 0.944. The minimum atomic E-state index is -0.364. The van der Waals surface area contributed by atoms with Gasteiger partial charge < -0.3 is 4.74 Å². The van der Waals surface area contributed by atoms with Crippen LogP contribution >= 0.6 is 0 Å². The van der Waals surface area contributed by atoms with Crippen LogP contribution < -0.4 is 0 Å². The van der Waals surface area contributed by atoms with Crippen molar-refractivity contribution in [1.29, 1.82) is 0 Å². The van der Waals surface area contributed by atoms with Crippen molar-refractivity contribution in [2.45, 2.75) is 72.6 Å². The van der Waals surface area contributed by atoms with E-state index in [1.165, 1.54) is 38.5 Å². The number of carbonyl (C=O) groups excluding carboxylic acids is 1. The molecule has 2 heteroatoms. The maximum Gasteiger partial charge on any atom is 0.311 e. The van der Waals surface area contributed by atoms with E-state index in [1.807, 2.05) is 20.8 Å². The molecule has 0 saturated heterocycles. The average Bonchev–Trinajstić information content (AvgIpc) is 2.85. The van der Waals surface area contributed by atoms with E-state index in [4.69, 9.17) is 4.74 Å². The molecular weight excluding hydrogens is 248 g/mol. The summed E-state index contributed by atoms with van der Waals surface area (Å²) in [6, 6.07) is 0. The van der Waals surface area contributed by atoms with Crippen LogP contribution in [0.5, 0.6) is 0 Å². The Morgan fingerprint density at radius 3 is 2.65 bits per heavy atom. The van der Waals surface area contributed by atoms with Crippen molar-refractivity contribution < 1.29 is 9.53 Å². The Bertz CT molecular complexity index is 404. The summed E-state index contributed by atoms with van der Waals surface area (Å²) < 4.78 is 5.42. The molecule has 0 radical (unpaired) electrons. The first-order valence-electron chi connectivity index (χ1n) is 8.42. The van der Waals surface area contributed by atoms with Gasteiger partial charge in [0.1, 0.15) is 0 Å². The maximum absolute atomic E-state index is 11.8. The van der Waals surface area contributed by atoms with Gasteiger partial charge in [-0.3, -0.25) is 4.79 Å². The van der Waals surface area contributed by atoms with Crippen LogP contribution in [0.1, 0.15) is 72.6 Å². The van der Waals surface area contributed by atoms with E-state index in [0.717, 1.165) is 23.7 Å². The summed E-state index contributed by atoms with van der Waals surface area (Å²) in [5.74, 6) is 1.90. The lowest BCUT2D eigenvalue weighted by Gasteiger charge is -2.40. The molecule has 20 heavy (non-hydrogen) atoms. The molecule has 1 spiro atoms. The third-order valence-electron chi connectivity index (χ3n) is 6.00. The van der Waals surface area contributed by atoms with E-state index < -0.39 is 0 Å². The van der Waals surface area contributed by atoms with Gasteiger partial charge in [-0.05, 0) is 88.4 Å². The molecule has 0 amide bonds. The van der Waals surface area contributed by atoms with Crippen molar-refractivity contribution in [3.63, 3.8) is 0 Å². The molecular formula is C18H30O2. The summed E-state index contributed by atoms with van der Waals surface area (Å²) >= 11 is 0. The molecule has 3 aliphatic carbocycles. The SMILES string of the molecule is CC1CC2(CCCOC(=O)C(C)(C)C)CC3CC3(C1)C2. The monoisotopic (exact) mass is 278 g/mol. The van der Waals surface area contributed by atoms with Crippen LogP contribution in [0.3, 0.4) is 0 Å². The average molecular weight is 278 g/mol. The zero-order chi connectivity index (χ0) is 14.6. The fourth-order valence-corrected chi connectivity index (χ4v) is 5.38. The Morgan fingerprint density at radius 2 is 1.95 bits per heavy atom. The Hall–Kier alpha value is -0.530. The molecule has 0 aromatic carbocycles. The first kappa shape index (κ1) is 14.4. The molecule has 3 aliphatic rings. The van der Waals surface area contributed by atoms with Crippen LogP contribution in [-0.2, 0) is 9.53 Å². The fourth-order valence-electron chi connectivity index (χ4n) is 5.38. The lowest BCUT2D eigenvalue weighted by atomic mass is 9.65. The van der Waals surface area contributed by atoms with Gasteiger partial charge in [0, 0.05) is 0 Å². The second kappa shape index (κ2) is 4.48. The zero-order valence-electron chi connectivity index (χ0n) is 13.6. The van der Waals surface area contributed by atoms with Crippen molar-refractivity contribution in [2.24, 2.45) is 28.1 Å². The third-order valence-corrected chi connectivity index (χ3v) is 6.00. The topological polar surface area (TPSA) is 26.3 Å². The predicted molar refractivity (Wildman–Crippen MR) is 80.3 cm³/mol. The smallest absolute Gasteiger partial charge is 0.311 e. The van der Waals surface area contributed by atoms with Gasteiger partial charge >= 0.3 is 5.97 Å². The number of carbonyl (C=O) groups is 1. The van der Waals surface area contributed by atoms with Gasteiger partial charge in [0.2, 0.25) is 0 Å². The second-order valence-corrected chi connectivity index (χ2v) is 9.15. The molecule has 4 unspecified atom stereocenters. The minimum Gasteiger partial charge on any atom is -0.465 e. The van der Waals surface area contributed by atoms with E-state index in [0.29, 0.717) is 12.0 Å². The number of hydrogen-bond donors (Lipinski definition) is 0. The number of ether oxygens (including phenoxy) is 1. The van der Waals surface area contributed by atoms with Gasteiger partial charge in [0.15, 0.2) is 0 Å². The molecule has 3 saturated carbocycles. The van der Waals surface area contributed by atoms with E-state index >= 15 is 0 Å². The predicted octanol–water partition coefficient (Wildman–Crippen LogP) is 4.57. The molecule has 0 heterocycles. The zero-order valence-corrected chi connectivity index (χ0v) is 13.6. The standard InChI is InChI=1S/C18H30O2/c1-13-8-17(10-14-11-18(14,9-13)12-17)6-5-7-20-15(19)16(2,3)4/h13-14H,5-12H2,1-4H3. The Morgan fingerprint density at radius 1 is 1.20 bits per heavy atom. The maximum atomic E-state index is 11.8. The number of fused-ring (bicyclic) bond motifs is 1. The summed E-state index contributed by atoms with van der Waals surface area (Å²) in [5, 5.41) is 0. The van der Waals surface area contributed by atoms with Gasteiger partial charge in [-0.1, -0.05) is 6.92 Å². The van der Waals surface area contributed by atoms with Gasteiger partial charge in [-0.15, -0.1) is 0 Å². The summed E-state index contributed by atoms with van der Waals surface area (Å²) in [5.41, 5.74) is 1.01. The summed E-state index contributed by atoms with van der Waals surface area (Å²) in [4.78, 5) is 11.8. The van der Waals surface area contributed by atoms with Crippen LogP contribution in [-0.4, -0.2) is 12.6 Å². The first-order valence-corrected chi connectivity index (χ1v) is 8.42. The van der Waals surface area contributed by atoms with Gasteiger partial charge in [-0.2, -0.15) is 0 Å². The van der Waals surface area contributed by atoms with Crippen molar-refractivity contribution in [2.75, 3.05) is 6.61 Å². The molecule has 2 nitrogen and oxygen atoms in total. The van der Waals surface area contributed by atoms with Crippen LogP contribution in [0.25, 0.3) is 0 Å². The van der Waals surface area contributed by atoms with Gasteiger partial charge in [-0.25, -0.2) is 0 Å². The highest BCUT2D eigenvalue weighted by Gasteiger charge is 2.66. The van der Waals surface area contributed by atoms with E-state index in [9.17, 15) is 4.79 Å². The van der Waals surface area contributed by atoms with Crippen LogP contribution in [0.4, 0.5) is 0 Å². The lowest BCUT2D eigenvalue weighted by molar-refractivity contribution is -0.153. The molecule has 3 fully saturated rings. The van der Waals surface area contributed by atoms with Crippen molar-refractivity contribution in [1.82, 2.24) is 0 Å². The summed E-state index contributed by atoms with van der Waals surface area (Å²) in [7, 11) is 0. The number of hydrogen-bond acceptors (Lipinski definition) is 2. The molecule has 0 aromatic rings. The van der Waals surface area contributed by atoms with Crippen molar-refractivity contribution in [3.8, 4) is 0 Å². The normalized spacial score (nSPS) is 42.2. The van der Waals surface area contributed by atoms with Gasteiger partial charge in [0.05, 0.1) is 12.0 Å². The molecule has 114 valence electrons.